The predicted molar refractivity (Wildman–Crippen MR) is 339 cm³/mol. The Morgan fingerprint density at radius 2 is 0.500 bits per heavy atom. The highest BCUT2D eigenvalue weighted by atomic mass is 16.6. The Morgan fingerprint density at radius 1 is 0.269 bits per heavy atom. The van der Waals surface area contributed by atoms with Crippen LogP contribution in [-0.2, 0) is 28.6 Å². The van der Waals surface area contributed by atoms with Gasteiger partial charge >= 0.3 is 17.9 Å². The summed E-state index contributed by atoms with van der Waals surface area (Å²) in [5.74, 6) is -0.879. The summed E-state index contributed by atoms with van der Waals surface area (Å²) in [5, 5.41) is 0. The summed E-state index contributed by atoms with van der Waals surface area (Å²) in [5.41, 5.74) is 0. The van der Waals surface area contributed by atoms with Gasteiger partial charge in [-0.25, -0.2) is 0 Å². The Kier molecular flexibility index (Phi) is 62.3. The molecule has 0 aromatic carbocycles. The van der Waals surface area contributed by atoms with Crippen molar-refractivity contribution in [2.24, 2.45) is 0 Å². The molecule has 0 amide bonds. The minimum Gasteiger partial charge on any atom is -0.462 e. The van der Waals surface area contributed by atoms with Crippen LogP contribution >= 0.6 is 0 Å². The van der Waals surface area contributed by atoms with Crippen molar-refractivity contribution in [1.29, 1.82) is 0 Å². The van der Waals surface area contributed by atoms with Gasteiger partial charge in [0.2, 0.25) is 0 Å². The average molecular weight is 1080 g/mol. The molecule has 0 saturated heterocycles. The van der Waals surface area contributed by atoms with Crippen LogP contribution in [0.3, 0.4) is 0 Å². The molecule has 446 valence electrons. The zero-order valence-corrected chi connectivity index (χ0v) is 51.2. The van der Waals surface area contributed by atoms with Crippen LogP contribution < -0.4 is 0 Å². The van der Waals surface area contributed by atoms with Crippen LogP contribution in [-0.4, -0.2) is 37.2 Å². The Morgan fingerprint density at radius 3 is 0.782 bits per heavy atom. The number of unbranched alkanes of at least 4 members (excludes halogenated alkanes) is 30. The van der Waals surface area contributed by atoms with Crippen molar-refractivity contribution < 1.29 is 28.6 Å². The minimum atomic E-state index is -0.782. The molecule has 0 aliphatic heterocycles. The molecule has 0 saturated carbocycles. The molecule has 0 aromatic rings. The van der Waals surface area contributed by atoms with E-state index in [1.54, 1.807) is 0 Å². The third-order valence-corrected chi connectivity index (χ3v) is 14.0. The second kappa shape index (κ2) is 65.6. The lowest BCUT2D eigenvalue weighted by molar-refractivity contribution is -0.167. The van der Waals surface area contributed by atoms with E-state index in [0.29, 0.717) is 19.3 Å². The number of allylic oxidation sites excluding steroid dienone is 18. The van der Waals surface area contributed by atoms with Crippen LogP contribution in [0.2, 0.25) is 0 Å². The smallest absolute Gasteiger partial charge is 0.306 e. The van der Waals surface area contributed by atoms with Crippen LogP contribution in [0, 0.1) is 0 Å². The SMILES string of the molecule is CC/C=C\C/C=C\C/C=C\C/C=C\C/C=C\CCCCCCCCCCCC(=O)OCC(COC(=O)CCCCCCCCCCCC)OC(=O)CCCCCCCCCCCCCC/C=C\C/C=C\C/C=C\C/C=C\CC. The third-order valence-electron chi connectivity index (χ3n) is 14.0. The largest absolute Gasteiger partial charge is 0.462 e. The molecule has 0 aliphatic carbocycles. The quantitative estimate of drug-likeness (QED) is 0.0261. The number of hydrogen-bond acceptors (Lipinski definition) is 6. The van der Waals surface area contributed by atoms with Crippen molar-refractivity contribution in [3.8, 4) is 0 Å². The normalized spacial score (nSPS) is 12.8. The van der Waals surface area contributed by atoms with E-state index >= 15 is 0 Å². The molecule has 78 heavy (non-hydrogen) atoms. The number of carbonyl (C=O) groups is 3. The molecule has 0 radical (unpaired) electrons. The summed E-state index contributed by atoms with van der Waals surface area (Å²) >= 11 is 0. The first-order valence-corrected chi connectivity index (χ1v) is 32.9. The second-order valence-corrected chi connectivity index (χ2v) is 21.6. The highest BCUT2D eigenvalue weighted by Crippen LogP contribution is 2.16. The van der Waals surface area contributed by atoms with Gasteiger partial charge in [0.1, 0.15) is 13.2 Å². The molecule has 0 bridgehead atoms. The van der Waals surface area contributed by atoms with Crippen molar-refractivity contribution in [3.05, 3.63) is 109 Å². The molecule has 0 heterocycles. The molecule has 0 N–H and O–H groups in total. The first kappa shape index (κ1) is 74.1. The maximum Gasteiger partial charge on any atom is 0.306 e. The summed E-state index contributed by atoms with van der Waals surface area (Å²) in [7, 11) is 0. The van der Waals surface area contributed by atoms with Crippen LogP contribution in [0.1, 0.15) is 310 Å². The fourth-order valence-electron chi connectivity index (χ4n) is 9.17. The highest BCUT2D eigenvalue weighted by Gasteiger charge is 2.19. The molecule has 0 fully saturated rings. The lowest BCUT2D eigenvalue weighted by Crippen LogP contribution is -2.30. The van der Waals surface area contributed by atoms with Crippen molar-refractivity contribution in [3.63, 3.8) is 0 Å². The van der Waals surface area contributed by atoms with E-state index in [9.17, 15) is 14.4 Å². The highest BCUT2D eigenvalue weighted by molar-refractivity contribution is 5.71. The number of rotatable bonds is 59. The number of ether oxygens (including phenoxy) is 3. The summed E-state index contributed by atoms with van der Waals surface area (Å²) < 4.78 is 16.9. The molecule has 6 nitrogen and oxygen atoms in total. The van der Waals surface area contributed by atoms with Gasteiger partial charge < -0.3 is 14.2 Å². The van der Waals surface area contributed by atoms with E-state index in [4.69, 9.17) is 14.2 Å². The molecule has 0 aromatic heterocycles. The maximum absolute atomic E-state index is 12.9. The van der Waals surface area contributed by atoms with Crippen molar-refractivity contribution in [1.82, 2.24) is 0 Å². The second-order valence-electron chi connectivity index (χ2n) is 21.6. The summed E-state index contributed by atoms with van der Waals surface area (Å²) in [6.45, 7) is 6.42. The van der Waals surface area contributed by atoms with Crippen molar-refractivity contribution in [2.75, 3.05) is 13.2 Å². The van der Waals surface area contributed by atoms with Gasteiger partial charge in [0.15, 0.2) is 6.10 Å². The van der Waals surface area contributed by atoms with E-state index in [0.717, 1.165) is 122 Å². The van der Waals surface area contributed by atoms with E-state index in [2.05, 4.69) is 130 Å². The fraction of sp³-hybridized carbons (Fsp3) is 0.708. The fourth-order valence-corrected chi connectivity index (χ4v) is 9.17. The monoisotopic (exact) mass is 1080 g/mol. The lowest BCUT2D eigenvalue weighted by Gasteiger charge is -2.18. The van der Waals surface area contributed by atoms with Gasteiger partial charge in [0.05, 0.1) is 0 Å². The standard InChI is InChI=1S/C72H122O6/c1-4-7-10-13-16-19-22-24-26-28-30-32-34-36-38-40-42-44-46-48-50-53-56-59-62-65-71(74)77-68-69(67-76-70(73)64-61-58-55-52-21-18-15-12-9-6-3)78-72(75)66-63-60-57-54-51-49-47-45-43-41-39-37-35-33-31-29-27-25-23-20-17-14-11-8-5-2/h7-8,10-11,16-17,19-20,24-27,30-33,36,38,69H,4-6,9,12-15,18,21-23,28-29,34-35,37,39-68H2,1-3H3/b10-7-,11-8-,19-16-,20-17-,26-24-,27-25-,32-30-,33-31-,38-36-. The average Bonchev–Trinajstić information content (AvgIpc) is 3.44. The summed E-state index contributed by atoms with van der Waals surface area (Å²) in [6.07, 6.45) is 89.6. The number of carbonyl (C=O) groups excluding carboxylic acids is 3. The van der Waals surface area contributed by atoms with Gasteiger partial charge in [0, 0.05) is 19.3 Å². The Balaban J connectivity index is 4.25. The van der Waals surface area contributed by atoms with Crippen LogP contribution in [0.25, 0.3) is 0 Å². The first-order valence-electron chi connectivity index (χ1n) is 32.9. The molecule has 0 spiro atoms. The molecule has 0 rings (SSSR count). The van der Waals surface area contributed by atoms with Gasteiger partial charge in [-0.1, -0.05) is 297 Å². The van der Waals surface area contributed by atoms with Gasteiger partial charge in [-0.05, 0) is 103 Å². The summed E-state index contributed by atoms with van der Waals surface area (Å²) in [4.78, 5) is 38.3. The van der Waals surface area contributed by atoms with E-state index < -0.39 is 6.10 Å². The Bertz CT molecular complexity index is 1570. The maximum atomic E-state index is 12.9. The Labute approximate surface area is 482 Å². The number of hydrogen-bond donors (Lipinski definition) is 0. The zero-order valence-electron chi connectivity index (χ0n) is 51.2. The van der Waals surface area contributed by atoms with Gasteiger partial charge in [-0.3, -0.25) is 14.4 Å². The van der Waals surface area contributed by atoms with E-state index in [-0.39, 0.29) is 31.1 Å². The van der Waals surface area contributed by atoms with E-state index in [1.807, 2.05) is 0 Å². The summed E-state index contributed by atoms with van der Waals surface area (Å²) in [6, 6.07) is 0. The zero-order chi connectivity index (χ0) is 56.4. The molecular weight excluding hydrogens is 961 g/mol. The molecule has 1 unspecified atom stereocenters. The van der Waals surface area contributed by atoms with Gasteiger partial charge in [-0.15, -0.1) is 0 Å². The lowest BCUT2D eigenvalue weighted by atomic mass is 10.0. The van der Waals surface area contributed by atoms with Gasteiger partial charge in [-0.2, -0.15) is 0 Å². The molecular formula is C72H122O6. The minimum absolute atomic E-state index is 0.0783. The first-order chi connectivity index (χ1) is 38.5. The van der Waals surface area contributed by atoms with Crippen LogP contribution in [0.4, 0.5) is 0 Å². The van der Waals surface area contributed by atoms with Crippen molar-refractivity contribution in [2.45, 2.75) is 316 Å². The number of esters is 3. The van der Waals surface area contributed by atoms with Crippen LogP contribution in [0.15, 0.2) is 109 Å². The topological polar surface area (TPSA) is 78.9 Å². The van der Waals surface area contributed by atoms with E-state index in [1.165, 1.54) is 148 Å². The van der Waals surface area contributed by atoms with Gasteiger partial charge in [0.25, 0.3) is 0 Å². The van der Waals surface area contributed by atoms with Crippen molar-refractivity contribution >= 4 is 17.9 Å². The predicted octanol–water partition coefficient (Wildman–Crippen LogP) is 22.6. The molecule has 0 aliphatic rings. The Hall–Kier alpha value is -3.93. The molecule has 1 atom stereocenters. The molecule has 6 heteroatoms. The third kappa shape index (κ3) is 62.9. The van der Waals surface area contributed by atoms with Crippen LogP contribution in [0.5, 0.6) is 0 Å².